The fourth-order valence-electron chi connectivity index (χ4n) is 1.91. The van der Waals surface area contributed by atoms with E-state index in [1.807, 2.05) is 24.3 Å². The second-order valence-corrected chi connectivity index (χ2v) is 5.83. The zero-order chi connectivity index (χ0) is 14.4. The van der Waals surface area contributed by atoms with Gasteiger partial charge in [-0.2, -0.15) is 0 Å². The molecule has 0 heterocycles. The highest BCUT2D eigenvalue weighted by atomic mass is 16.5. The molecule has 20 heavy (non-hydrogen) atoms. The maximum absolute atomic E-state index is 10.2. The molecule has 0 spiro atoms. The van der Waals surface area contributed by atoms with Crippen LogP contribution in [0.1, 0.15) is 25.3 Å². The van der Waals surface area contributed by atoms with Crippen LogP contribution >= 0.6 is 0 Å². The molecule has 4 heteroatoms. The number of nitrogens with one attached hydrogen (secondary N) is 1. The van der Waals surface area contributed by atoms with Gasteiger partial charge in [0.1, 0.15) is 18.0 Å². The fourth-order valence-corrected chi connectivity index (χ4v) is 1.91. The zero-order valence-electron chi connectivity index (χ0n) is 12.4. The van der Waals surface area contributed by atoms with E-state index in [1.165, 1.54) is 18.4 Å². The molecule has 1 aromatic carbocycles. The summed E-state index contributed by atoms with van der Waals surface area (Å²) in [6.45, 7) is 3.39. The molecule has 0 radical (unpaired) electrons. The minimum absolute atomic E-state index is 0.296. The van der Waals surface area contributed by atoms with Gasteiger partial charge in [-0.15, -0.1) is 0 Å². The Hall–Kier alpha value is -1.10. The summed E-state index contributed by atoms with van der Waals surface area (Å²) in [4.78, 5) is 0. The monoisotopic (exact) mass is 279 g/mol. The Morgan fingerprint density at radius 3 is 2.60 bits per heavy atom. The topological polar surface area (TPSA) is 50.7 Å². The van der Waals surface area contributed by atoms with Crippen molar-refractivity contribution in [1.82, 2.24) is 5.32 Å². The lowest BCUT2D eigenvalue weighted by Crippen LogP contribution is -2.43. The highest BCUT2D eigenvalue weighted by Crippen LogP contribution is 2.20. The number of ether oxygens (including phenoxy) is 2. The molecular weight excluding hydrogens is 254 g/mol. The molecule has 112 valence electrons. The molecule has 0 bridgehead atoms. The van der Waals surface area contributed by atoms with E-state index in [1.54, 1.807) is 14.0 Å². The third-order valence-corrected chi connectivity index (χ3v) is 3.42. The molecule has 1 saturated carbocycles. The number of hydrogen-bond acceptors (Lipinski definition) is 4. The molecule has 1 aliphatic rings. The van der Waals surface area contributed by atoms with Gasteiger partial charge in [-0.25, -0.2) is 0 Å². The predicted molar refractivity (Wildman–Crippen MR) is 79.2 cm³/mol. The first-order valence-electron chi connectivity index (χ1n) is 7.25. The first kappa shape index (κ1) is 15.3. The molecule has 1 unspecified atom stereocenters. The average Bonchev–Trinajstić information content (AvgIpc) is 3.26. The van der Waals surface area contributed by atoms with E-state index in [4.69, 9.17) is 9.47 Å². The lowest BCUT2D eigenvalue weighted by molar-refractivity contribution is 0.0120. The number of methoxy groups -OCH3 is 1. The molecule has 1 aromatic rings. The number of rotatable bonds is 9. The quantitative estimate of drug-likeness (QED) is 0.723. The van der Waals surface area contributed by atoms with Gasteiger partial charge in [-0.05, 0) is 43.9 Å². The maximum atomic E-state index is 10.2. The van der Waals surface area contributed by atoms with Gasteiger partial charge in [-0.3, -0.25) is 0 Å². The second-order valence-electron chi connectivity index (χ2n) is 5.83. The van der Waals surface area contributed by atoms with Crippen molar-refractivity contribution in [2.75, 3.05) is 26.9 Å². The maximum Gasteiger partial charge on any atom is 0.119 e. The van der Waals surface area contributed by atoms with Crippen LogP contribution in [0.25, 0.3) is 0 Å². The summed E-state index contributed by atoms with van der Waals surface area (Å²) in [5.74, 6) is 0.790. The van der Waals surface area contributed by atoms with Gasteiger partial charge in [0.2, 0.25) is 0 Å². The van der Waals surface area contributed by atoms with E-state index in [0.29, 0.717) is 19.2 Å². The molecule has 4 nitrogen and oxygen atoms in total. The smallest absolute Gasteiger partial charge is 0.119 e. The van der Waals surface area contributed by atoms with Crippen LogP contribution < -0.4 is 10.1 Å². The van der Waals surface area contributed by atoms with Crippen LogP contribution in [0.3, 0.4) is 0 Å². The Labute approximate surface area is 121 Å². The standard InChI is InChI=1S/C16H25NO3/c1-16(18,11-17-14-5-6-14)12-20-15-7-3-13(4-8-15)9-10-19-2/h3-4,7-8,14,17-18H,5-6,9-12H2,1-2H3. The van der Waals surface area contributed by atoms with Gasteiger partial charge in [-0.1, -0.05) is 12.1 Å². The molecule has 0 aromatic heterocycles. The minimum Gasteiger partial charge on any atom is -0.491 e. The third-order valence-electron chi connectivity index (χ3n) is 3.42. The van der Waals surface area contributed by atoms with Crippen molar-refractivity contribution >= 4 is 0 Å². The van der Waals surface area contributed by atoms with Crippen molar-refractivity contribution in [2.45, 2.75) is 37.8 Å². The Morgan fingerprint density at radius 1 is 1.30 bits per heavy atom. The molecule has 1 aliphatic carbocycles. The van der Waals surface area contributed by atoms with Crippen molar-refractivity contribution in [3.63, 3.8) is 0 Å². The molecule has 1 atom stereocenters. The van der Waals surface area contributed by atoms with Crippen LogP contribution in [0.4, 0.5) is 0 Å². The summed E-state index contributed by atoms with van der Waals surface area (Å²) in [6.07, 6.45) is 3.35. The average molecular weight is 279 g/mol. The van der Waals surface area contributed by atoms with E-state index in [9.17, 15) is 5.11 Å². The lowest BCUT2D eigenvalue weighted by Gasteiger charge is -2.24. The van der Waals surface area contributed by atoms with Crippen molar-refractivity contribution in [2.24, 2.45) is 0 Å². The first-order valence-corrected chi connectivity index (χ1v) is 7.25. The van der Waals surface area contributed by atoms with Crippen LogP contribution in [0, 0.1) is 0 Å². The van der Waals surface area contributed by atoms with Crippen LogP contribution in [0.15, 0.2) is 24.3 Å². The lowest BCUT2D eigenvalue weighted by atomic mass is 10.1. The summed E-state index contributed by atoms with van der Waals surface area (Å²) in [7, 11) is 1.70. The first-order chi connectivity index (χ1) is 9.59. The highest BCUT2D eigenvalue weighted by molar-refractivity contribution is 5.27. The van der Waals surface area contributed by atoms with Crippen LogP contribution in [0.5, 0.6) is 5.75 Å². The fraction of sp³-hybridized carbons (Fsp3) is 0.625. The van der Waals surface area contributed by atoms with Crippen LogP contribution in [-0.4, -0.2) is 43.6 Å². The van der Waals surface area contributed by atoms with Crippen molar-refractivity contribution in [3.8, 4) is 5.75 Å². The molecule has 0 saturated heterocycles. The largest absolute Gasteiger partial charge is 0.491 e. The van der Waals surface area contributed by atoms with Gasteiger partial charge in [0.05, 0.1) is 6.61 Å². The van der Waals surface area contributed by atoms with E-state index < -0.39 is 5.60 Å². The molecular formula is C16H25NO3. The van der Waals surface area contributed by atoms with Gasteiger partial charge in [0.25, 0.3) is 0 Å². The van der Waals surface area contributed by atoms with Crippen LogP contribution in [0.2, 0.25) is 0 Å². The molecule has 1 fully saturated rings. The van der Waals surface area contributed by atoms with Crippen molar-refractivity contribution in [3.05, 3.63) is 29.8 Å². The number of hydrogen-bond donors (Lipinski definition) is 2. The minimum atomic E-state index is -0.836. The van der Waals surface area contributed by atoms with Crippen molar-refractivity contribution < 1.29 is 14.6 Å². The summed E-state index contributed by atoms with van der Waals surface area (Å²) < 4.78 is 10.7. The van der Waals surface area contributed by atoms with E-state index in [0.717, 1.165) is 18.8 Å². The van der Waals surface area contributed by atoms with Gasteiger partial charge in [0.15, 0.2) is 0 Å². The molecule has 0 amide bonds. The Morgan fingerprint density at radius 2 is 2.00 bits per heavy atom. The Kier molecular flexibility index (Phi) is 5.40. The van der Waals surface area contributed by atoms with Crippen molar-refractivity contribution in [1.29, 1.82) is 0 Å². The SMILES string of the molecule is COCCc1ccc(OCC(C)(O)CNC2CC2)cc1. The zero-order valence-corrected chi connectivity index (χ0v) is 12.4. The van der Waals surface area contributed by atoms with Gasteiger partial charge >= 0.3 is 0 Å². The van der Waals surface area contributed by atoms with Gasteiger partial charge < -0.3 is 19.9 Å². The molecule has 0 aliphatic heterocycles. The Balaban J connectivity index is 1.74. The summed E-state index contributed by atoms with van der Waals surface area (Å²) in [6, 6.07) is 8.54. The van der Waals surface area contributed by atoms with Gasteiger partial charge in [0, 0.05) is 19.7 Å². The second kappa shape index (κ2) is 7.07. The summed E-state index contributed by atoms with van der Waals surface area (Å²) in [5.41, 5.74) is 0.387. The van der Waals surface area contributed by atoms with E-state index in [-0.39, 0.29) is 0 Å². The molecule has 2 N–H and O–H groups in total. The Bertz CT molecular complexity index is 399. The number of benzene rings is 1. The van der Waals surface area contributed by atoms with E-state index in [2.05, 4.69) is 5.32 Å². The summed E-state index contributed by atoms with van der Waals surface area (Å²) in [5, 5.41) is 13.5. The number of aliphatic hydroxyl groups is 1. The predicted octanol–water partition coefficient (Wildman–Crippen LogP) is 1.76. The highest BCUT2D eigenvalue weighted by Gasteiger charge is 2.27. The molecule has 2 rings (SSSR count). The van der Waals surface area contributed by atoms with E-state index >= 15 is 0 Å². The van der Waals surface area contributed by atoms with Crippen LogP contribution in [-0.2, 0) is 11.2 Å². The normalized spacial score (nSPS) is 17.8. The third kappa shape index (κ3) is 5.49. The summed E-state index contributed by atoms with van der Waals surface area (Å²) >= 11 is 0.